The molecule has 0 aliphatic heterocycles. The summed E-state index contributed by atoms with van der Waals surface area (Å²) in [5.74, 6) is -1.27. The van der Waals surface area contributed by atoms with Gasteiger partial charge in [-0.15, -0.1) is 0 Å². The van der Waals surface area contributed by atoms with Gasteiger partial charge in [0.1, 0.15) is 0 Å². The minimum atomic E-state index is -0.815. The summed E-state index contributed by atoms with van der Waals surface area (Å²) in [5.41, 5.74) is 6.62. The number of carboxylic acid groups (broad SMARTS) is 1. The maximum Gasteiger partial charge on any atom is 0.311 e. The summed E-state index contributed by atoms with van der Waals surface area (Å²) in [6.07, 6.45) is 2.45. The molecular weight excluding hydrogens is 130 g/mol. The molecule has 3 heteroatoms. The Hall–Kier alpha value is -0.830. The molecule has 0 saturated heterocycles. The highest BCUT2D eigenvalue weighted by molar-refractivity contribution is 5.74. The van der Waals surface area contributed by atoms with Gasteiger partial charge in [0.05, 0.1) is 5.92 Å². The van der Waals surface area contributed by atoms with Gasteiger partial charge in [-0.3, -0.25) is 4.79 Å². The molecule has 3 N–H and O–H groups in total. The number of nitrogens with two attached hydrogens (primary N) is 1. The Kier molecular flexibility index (Phi) is 1.76. The van der Waals surface area contributed by atoms with Gasteiger partial charge in [0, 0.05) is 6.04 Å². The molecule has 0 bridgehead atoms. The van der Waals surface area contributed by atoms with Crippen molar-refractivity contribution in [1.82, 2.24) is 0 Å². The van der Waals surface area contributed by atoms with Crippen LogP contribution < -0.4 is 5.73 Å². The third-order valence-electron chi connectivity index (χ3n) is 1.77. The molecule has 0 unspecified atom stereocenters. The summed E-state index contributed by atoms with van der Waals surface area (Å²) in [6, 6.07) is -0.211. The lowest BCUT2D eigenvalue weighted by molar-refractivity contribution is -0.140. The zero-order valence-electron chi connectivity index (χ0n) is 5.87. The number of hydrogen-bond acceptors (Lipinski definition) is 2. The van der Waals surface area contributed by atoms with Gasteiger partial charge < -0.3 is 10.8 Å². The molecule has 0 radical (unpaired) electrons. The van der Waals surface area contributed by atoms with Crippen LogP contribution in [0.5, 0.6) is 0 Å². The van der Waals surface area contributed by atoms with Crippen molar-refractivity contribution in [3.05, 3.63) is 11.6 Å². The molecule has 10 heavy (non-hydrogen) atoms. The van der Waals surface area contributed by atoms with Gasteiger partial charge in [0.25, 0.3) is 0 Å². The summed E-state index contributed by atoms with van der Waals surface area (Å²) in [4.78, 5) is 10.4. The Morgan fingerprint density at radius 1 is 1.90 bits per heavy atom. The molecule has 0 aromatic heterocycles. The maximum atomic E-state index is 10.4. The van der Waals surface area contributed by atoms with Crippen molar-refractivity contribution in [2.24, 2.45) is 11.7 Å². The van der Waals surface area contributed by atoms with E-state index in [1.807, 2.05) is 6.92 Å². The van der Waals surface area contributed by atoms with Crippen LogP contribution in [0, 0.1) is 5.92 Å². The lowest BCUT2D eigenvalue weighted by atomic mass is 10.1. The molecule has 1 aliphatic carbocycles. The van der Waals surface area contributed by atoms with E-state index in [4.69, 9.17) is 10.8 Å². The second-order valence-electron chi connectivity index (χ2n) is 2.75. The topological polar surface area (TPSA) is 63.3 Å². The largest absolute Gasteiger partial charge is 0.481 e. The van der Waals surface area contributed by atoms with Gasteiger partial charge in [0.15, 0.2) is 0 Å². The first-order valence-corrected chi connectivity index (χ1v) is 3.27. The van der Waals surface area contributed by atoms with Crippen LogP contribution in [0.25, 0.3) is 0 Å². The predicted molar refractivity (Wildman–Crippen MR) is 37.5 cm³/mol. The molecule has 2 atom stereocenters. The highest BCUT2D eigenvalue weighted by Gasteiger charge is 2.27. The Morgan fingerprint density at radius 3 is 2.70 bits per heavy atom. The molecule has 0 aromatic rings. The van der Waals surface area contributed by atoms with Gasteiger partial charge >= 0.3 is 5.97 Å². The Bertz CT molecular complexity index is 186. The standard InChI is InChI=1S/C7H11NO2/c1-4-2-5(7(9)10)6(8)3-4/h2,5-6H,3,8H2,1H3,(H,9,10)/t5-,6+/m0/s1. The molecule has 0 spiro atoms. The first-order valence-electron chi connectivity index (χ1n) is 3.27. The highest BCUT2D eigenvalue weighted by Crippen LogP contribution is 2.22. The monoisotopic (exact) mass is 141 g/mol. The summed E-state index contributed by atoms with van der Waals surface area (Å²) in [7, 11) is 0. The first kappa shape index (κ1) is 7.28. The molecule has 3 nitrogen and oxygen atoms in total. The number of carbonyl (C=O) groups is 1. The van der Waals surface area contributed by atoms with E-state index in [0.29, 0.717) is 0 Å². The molecule has 1 aliphatic rings. The Labute approximate surface area is 59.5 Å². The third-order valence-corrected chi connectivity index (χ3v) is 1.77. The smallest absolute Gasteiger partial charge is 0.311 e. The van der Waals surface area contributed by atoms with Crippen molar-refractivity contribution in [2.45, 2.75) is 19.4 Å². The van der Waals surface area contributed by atoms with Gasteiger partial charge in [-0.05, 0) is 13.3 Å². The van der Waals surface area contributed by atoms with Crippen molar-refractivity contribution in [3.8, 4) is 0 Å². The number of aliphatic carboxylic acids is 1. The van der Waals surface area contributed by atoms with Gasteiger partial charge in [-0.25, -0.2) is 0 Å². The van der Waals surface area contributed by atoms with Crippen LogP contribution in [0.4, 0.5) is 0 Å². The van der Waals surface area contributed by atoms with Gasteiger partial charge in [-0.2, -0.15) is 0 Å². The van der Waals surface area contributed by atoms with Crippen molar-refractivity contribution in [2.75, 3.05) is 0 Å². The average Bonchev–Trinajstić information content (AvgIpc) is 2.10. The van der Waals surface area contributed by atoms with E-state index in [1.54, 1.807) is 6.08 Å². The molecule has 0 saturated carbocycles. The lowest BCUT2D eigenvalue weighted by Gasteiger charge is -2.07. The molecule has 0 amide bonds. The van der Waals surface area contributed by atoms with Crippen LogP contribution in [0.1, 0.15) is 13.3 Å². The Balaban J connectivity index is 2.69. The molecule has 56 valence electrons. The third kappa shape index (κ3) is 1.19. The fourth-order valence-corrected chi connectivity index (χ4v) is 1.25. The zero-order valence-corrected chi connectivity index (χ0v) is 5.87. The second kappa shape index (κ2) is 2.42. The summed E-state index contributed by atoms with van der Waals surface area (Å²) in [6.45, 7) is 1.91. The summed E-state index contributed by atoms with van der Waals surface area (Å²) in [5, 5.41) is 8.58. The van der Waals surface area contributed by atoms with Crippen molar-refractivity contribution in [1.29, 1.82) is 0 Å². The fraction of sp³-hybridized carbons (Fsp3) is 0.571. The van der Waals surface area contributed by atoms with Crippen molar-refractivity contribution in [3.63, 3.8) is 0 Å². The SMILES string of the molecule is CC1=C[C@H](C(=O)O)[C@H](N)C1. The van der Waals surface area contributed by atoms with Crippen LogP contribution in [-0.2, 0) is 4.79 Å². The predicted octanol–water partition coefficient (Wildman–Crippen LogP) is 0.365. The van der Waals surface area contributed by atoms with Gasteiger partial charge in [-0.1, -0.05) is 11.6 Å². The lowest BCUT2D eigenvalue weighted by Crippen LogP contribution is -2.30. The molecule has 0 aromatic carbocycles. The molecular formula is C7H11NO2. The van der Waals surface area contributed by atoms with Gasteiger partial charge in [0.2, 0.25) is 0 Å². The highest BCUT2D eigenvalue weighted by atomic mass is 16.4. The van der Waals surface area contributed by atoms with Crippen molar-refractivity contribution >= 4 is 5.97 Å². The van der Waals surface area contributed by atoms with Crippen LogP contribution in [0.15, 0.2) is 11.6 Å². The Morgan fingerprint density at radius 2 is 2.50 bits per heavy atom. The quantitative estimate of drug-likeness (QED) is 0.518. The number of carboxylic acids is 1. The first-order chi connectivity index (χ1) is 4.61. The fourth-order valence-electron chi connectivity index (χ4n) is 1.25. The number of rotatable bonds is 1. The van der Waals surface area contributed by atoms with E-state index in [2.05, 4.69) is 0 Å². The van der Waals surface area contributed by atoms with Crippen LogP contribution >= 0.6 is 0 Å². The summed E-state index contributed by atoms with van der Waals surface area (Å²) < 4.78 is 0. The van der Waals surface area contributed by atoms with E-state index in [0.717, 1.165) is 12.0 Å². The molecule has 0 heterocycles. The average molecular weight is 141 g/mol. The van der Waals surface area contributed by atoms with E-state index >= 15 is 0 Å². The van der Waals surface area contributed by atoms with Crippen LogP contribution in [0.2, 0.25) is 0 Å². The zero-order chi connectivity index (χ0) is 7.72. The van der Waals surface area contributed by atoms with E-state index in [9.17, 15) is 4.79 Å². The summed E-state index contributed by atoms with van der Waals surface area (Å²) >= 11 is 0. The normalized spacial score (nSPS) is 32.0. The molecule has 1 rings (SSSR count). The second-order valence-corrected chi connectivity index (χ2v) is 2.75. The minimum Gasteiger partial charge on any atom is -0.481 e. The molecule has 0 fully saturated rings. The van der Waals surface area contributed by atoms with E-state index in [1.165, 1.54) is 0 Å². The van der Waals surface area contributed by atoms with Crippen LogP contribution in [0.3, 0.4) is 0 Å². The van der Waals surface area contributed by atoms with E-state index < -0.39 is 11.9 Å². The van der Waals surface area contributed by atoms with Crippen molar-refractivity contribution < 1.29 is 9.90 Å². The van der Waals surface area contributed by atoms with Crippen LogP contribution in [-0.4, -0.2) is 17.1 Å². The minimum absolute atomic E-state index is 0.211. The maximum absolute atomic E-state index is 10.4. The van der Waals surface area contributed by atoms with E-state index in [-0.39, 0.29) is 6.04 Å². The number of hydrogen-bond donors (Lipinski definition) is 2.